The van der Waals surface area contributed by atoms with Crippen molar-refractivity contribution in [2.45, 2.75) is 24.7 Å². The number of rotatable bonds is 3. The van der Waals surface area contributed by atoms with Gasteiger partial charge in [-0.3, -0.25) is 4.99 Å². The summed E-state index contributed by atoms with van der Waals surface area (Å²) in [7, 11) is 1.88. The molecule has 4 nitrogen and oxygen atoms in total. The molecule has 0 unspecified atom stereocenters. The molecule has 0 aromatic heterocycles. The second-order valence-electron chi connectivity index (χ2n) is 7.19. The lowest BCUT2D eigenvalue weighted by molar-refractivity contribution is 0.0514. The van der Waals surface area contributed by atoms with Gasteiger partial charge in [-0.2, -0.15) is 0 Å². The number of anilines is 1. The van der Waals surface area contributed by atoms with E-state index in [9.17, 15) is 0 Å². The Morgan fingerprint density at radius 2 is 1.81 bits per heavy atom. The third-order valence-corrected chi connectivity index (χ3v) is 5.78. The minimum absolute atomic E-state index is 0.106. The van der Waals surface area contributed by atoms with Crippen molar-refractivity contribution in [3.8, 4) is 0 Å². The highest BCUT2D eigenvalue weighted by atomic mass is 16.5. The Balaban J connectivity index is 1.54. The van der Waals surface area contributed by atoms with Crippen LogP contribution in [0.5, 0.6) is 0 Å². The lowest BCUT2D eigenvalue weighted by Gasteiger charge is -2.39. The third-order valence-electron chi connectivity index (χ3n) is 5.78. The molecule has 0 spiro atoms. The van der Waals surface area contributed by atoms with Crippen molar-refractivity contribution in [3.05, 3.63) is 65.7 Å². The van der Waals surface area contributed by atoms with Crippen LogP contribution in [0.1, 0.15) is 24.0 Å². The first kappa shape index (κ1) is 17.1. The molecule has 0 amide bonds. The summed E-state index contributed by atoms with van der Waals surface area (Å²) in [6, 6.07) is 19.5. The fourth-order valence-electron chi connectivity index (χ4n) is 4.22. The Hall–Kier alpha value is -2.33. The van der Waals surface area contributed by atoms with Gasteiger partial charge in [-0.25, -0.2) is 0 Å². The van der Waals surface area contributed by atoms with Gasteiger partial charge in [-0.1, -0.05) is 48.5 Å². The van der Waals surface area contributed by atoms with Gasteiger partial charge in [0.15, 0.2) is 5.96 Å². The van der Waals surface area contributed by atoms with E-state index in [-0.39, 0.29) is 5.41 Å². The molecule has 1 N–H and O–H groups in total. The minimum atomic E-state index is 0.106. The standard InChI is InChI=1S/C22H27N3O/c1-23-21(25-14-11-18-7-5-6-10-20(18)25)24-17-22(12-15-26-16-13-22)19-8-3-2-4-9-19/h2-10H,11-17H2,1H3,(H,23,24). The van der Waals surface area contributed by atoms with Crippen LogP contribution < -0.4 is 10.2 Å². The smallest absolute Gasteiger partial charge is 0.198 e. The molecule has 0 radical (unpaired) electrons. The van der Waals surface area contributed by atoms with Gasteiger partial charge in [0, 0.05) is 44.5 Å². The molecule has 0 bridgehead atoms. The molecule has 26 heavy (non-hydrogen) atoms. The molecule has 0 saturated carbocycles. The molecule has 1 fully saturated rings. The number of fused-ring (bicyclic) bond motifs is 1. The van der Waals surface area contributed by atoms with E-state index in [2.05, 4.69) is 69.8 Å². The molecule has 2 heterocycles. The number of nitrogens with one attached hydrogen (secondary N) is 1. The Morgan fingerprint density at radius 1 is 1.08 bits per heavy atom. The van der Waals surface area contributed by atoms with Gasteiger partial charge in [0.1, 0.15) is 0 Å². The molecular formula is C22H27N3O. The van der Waals surface area contributed by atoms with Gasteiger partial charge in [0.2, 0.25) is 0 Å². The van der Waals surface area contributed by atoms with Crippen LogP contribution in [0.3, 0.4) is 0 Å². The van der Waals surface area contributed by atoms with Crippen LogP contribution in [-0.2, 0) is 16.6 Å². The summed E-state index contributed by atoms with van der Waals surface area (Å²) >= 11 is 0. The Kier molecular flexibility index (Phi) is 4.93. The Bertz CT molecular complexity index is 766. The van der Waals surface area contributed by atoms with Crippen LogP contribution in [-0.4, -0.2) is 39.3 Å². The maximum Gasteiger partial charge on any atom is 0.198 e. The van der Waals surface area contributed by atoms with Gasteiger partial charge < -0.3 is 15.0 Å². The topological polar surface area (TPSA) is 36.9 Å². The van der Waals surface area contributed by atoms with Crippen molar-refractivity contribution in [1.82, 2.24) is 5.32 Å². The number of para-hydroxylation sites is 1. The summed E-state index contributed by atoms with van der Waals surface area (Å²) in [6.45, 7) is 3.51. The number of hydrogen-bond acceptors (Lipinski definition) is 2. The zero-order valence-electron chi connectivity index (χ0n) is 15.4. The first-order valence-corrected chi connectivity index (χ1v) is 9.52. The molecule has 4 rings (SSSR count). The van der Waals surface area contributed by atoms with E-state index in [0.717, 1.165) is 51.5 Å². The lowest BCUT2D eigenvalue weighted by Crippen LogP contribution is -2.49. The number of aliphatic imine (C=N–C) groups is 1. The second kappa shape index (κ2) is 7.50. The van der Waals surface area contributed by atoms with E-state index in [1.54, 1.807) is 0 Å². The molecule has 2 aromatic rings. The van der Waals surface area contributed by atoms with Crippen molar-refractivity contribution < 1.29 is 4.74 Å². The van der Waals surface area contributed by atoms with Gasteiger partial charge in [-0.15, -0.1) is 0 Å². The van der Waals surface area contributed by atoms with Crippen LogP contribution in [0.15, 0.2) is 59.6 Å². The second-order valence-corrected chi connectivity index (χ2v) is 7.19. The highest BCUT2D eigenvalue weighted by Gasteiger charge is 2.35. The number of guanidine groups is 1. The van der Waals surface area contributed by atoms with E-state index < -0.39 is 0 Å². The summed E-state index contributed by atoms with van der Waals surface area (Å²) in [5, 5.41) is 3.68. The molecular weight excluding hydrogens is 322 g/mol. The van der Waals surface area contributed by atoms with E-state index in [0.29, 0.717) is 0 Å². The Morgan fingerprint density at radius 3 is 2.58 bits per heavy atom. The van der Waals surface area contributed by atoms with Crippen molar-refractivity contribution >= 4 is 11.6 Å². The predicted octanol–water partition coefficient (Wildman–Crippen LogP) is 3.37. The van der Waals surface area contributed by atoms with Gasteiger partial charge in [-0.05, 0) is 36.5 Å². The maximum atomic E-state index is 5.66. The summed E-state index contributed by atoms with van der Waals surface area (Å²) in [5.74, 6) is 0.969. The zero-order valence-corrected chi connectivity index (χ0v) is 15.4. The van der Waals surface area contributed by atoms with Crippen LogP contribution in [0.25, 0.3) is 0 Å². The van der Waals surface area contributed by atoms with Gasteiger partial charge in [0.05, 0.1) is 0 Å². The largest absolute Gasteiger partial charge is 0.381 e. The average molecular weight is 349 g/mol. The maximum absolute atomic E-state index is 5.66. The first-order chi connectivity index (χ1) is 12.8. The monoisotopic (exact) mass is 349 g/mol. The molecule has 4 heteroatoms. The van der Waals surface area contributed by atoms with Crippen molar-refractivity contribution in [2.24, 2.45) is 4.99 Å². The molecule has 136 valence electrons. The predicted molar refractivity (Wildman–Crippen MR) is 107 cm³/mol. The van der Waals surface area contributed by atoms with Gasteiger partial charge in [0.25, 0.3) is 0 Å². The van der Waals surface area contributed by atoms with Crippen LogP contribution in [0.2, 0.25) is 0 Å². The SMILES string of the molecule is CN=C(NCC1(c2ccccc2)CCOCC1)N1CCc2ccccc21. The van der Waals surface area contributed by atoms with E-state index in [4.69, 9.17) is 4.74 Å². The normalized spacial score (nSPS) is 19.3. The molecule has 2 aliphatic rings. The van der Waals surface area contributed by atoms with E-state index >= 15 is 0 Å². The van der Waals surface area contributed by atoms with Gasteiger partial charge >= 0.3 is 0 Å². The molecule has 0 aliphatic carbocycles. The van der Waals surface area contributed by atoms with Crippen molar-refractivity contribution in [2.75, 3.05) is 38.3 Å². The quantitative estimate of drug-likeness (QED) is 0.682. The van der Waals surface area contributed by atoms with E-state index in [1.807, 2.05) is 7.05 Å². The minimum Gasteiger partial charge on any atom is -0.381 e. The lowest BCUT2D eigenvalue weighted by atomic mass is 9.74. The molecule has 0 atom stereocenters. The third kappa shape index (κ3) is 3.21. The van der Waals surface area contributed by atoms with Crippen molar-refractivity contribution in [3.63, 3.8) is 0 Å². The average Bonchev–Trinajstić information content (AvgIpc) is 3.14. The summed E-state index contributed by atoms with van der Waals surface area (Å²) < 4.78 is 5.66. The molecule has 1 saturated heterocycles. The van der Waals surface area contributed by atoms with Crippen LogP contribution in [0, 0.1) is 0 Å². The Labute approximate surface area is 155 Å². The number of ether oxygens (including phenoxy) is 1. The van der Waals surface area contributed by atoms with Crippen molar-refractivity contribution in [1.29, 1.82) is 0 Å². The number of hydrogen-bond donors (Lipinski definition) is 1. The number of nitrogens with zero attached hydrogens (tertiary/aromatic N) is 2. The fraction of sp³-hybridized carbons (Fsp3) is 0.409. The highest BCUT2D eigenvalue weighted by Crippen LogP contribution is 2.34. The molecule has 2 aliphatic heterocycles. The van der Waals surface area contributed by atoms with E-state index in [1.165, 1.54) is 16.8 Å². The first-order valence-electron chi connectivity index (χ1n) is 9.52. The fourth-order valence-corrected chi connectivity index (χ4v) is 4.22. The number of benzene rings is 2. The van der Waals surface area contributed by atoms with Crippen LogP contribution in [0.4, 0.5) is 5.69 Å². The van der Waals surface area contributed by atoms with Crippen LogP contribution >= 0.6 is 0 Å². The summed E-state index contributed by atoms with van der Waals surface area (Å²) in [6.07, 6.45) is 3.16. The zero-order chi connectivity index (χ0) is 17.8. The summed E-state index contributed by atoms with van der Waals surface area (Å²) in [4.78, 5) is 6.89. The summed E-state index contributed by atoms with van der Waals surface area (Å²) in [5.41, 5.74) is 4.18. The highest BCUT2D eigenvalue weighted by molar-refractivity contribution is 5.98. The molecule has 2 aromatic carbocycles.